The number of piperazine rings is 1. The van der Waals surface area contributed by atoms with Gasteiger partial charge in [0.25, 0.3) is 0 Å². The Morgan fingerprint density at radius 2 is 1.52 bits per heavy atom. The van der Waals surface area contributed by atoms with E-state index in [2.05, 4.69) is 55.3 Å². The van der Waals surface area contributed by atoms with Crippen LogP contribution in [-0.2, 0) is 5.41 Å². The van der Waals surface area contributed by atoms with E-state index in [4.69, 9.17) is 4.74 Å². The molecule has 2 rings (SSSR count). The van der Waals surface area contributed by atoms with E-state index in [1.165, 1.54) is 50.9 Å². The average molecular weight is 369 g/mol. The van der Waals surface area contributed by atoms with E-state index < -0.39 is 0 Å². The molecule has 0 spiro atoms. The zero-order valence-electron chi connectivity index (χ0n) is 16.4. The quantitative estimate of drug-likeness (QED) is 0.642. The monoisotopic (exact) mass is 368 g/mol. The Kier molecular flexibility index (Phi) is 10.5. The molecule has 0 saturated carbocycles. The minimum Gasteiger partial charge on any atom is -0.494 e. The molecule has 144 valence electrons. The fourth-order valence-corrected chi connectivity index (χ4v) is 3.14. The van der Waals surface area contributed by atoms with Crippen molar-refractivity contribution in [2.75, 3.05) is 39.3 Å². The van der Waals surface area contributed by atoms with Crippen molar-refractivity contribution in [3.63, 3.8) is 0 Å². The fraction of sp³-hybridized carbons (Fsp3) is 0.714. The molecule has 0 amide bonds. The molecule has 1 saturated heterocycles. The fourth-order valence-electron chi connectivity index (χ4n) is 3.14. The van der Waals surface area contributed by atoms with Gasteiger partial charge >= 0.3 is 0 Å². The van der Waals surface area contributed by atoms with Gasteiger partial charge in [0.05, 0.1) is 6.61 Å². The lowest BCUT2D eigenvalue weighted by Crippen LogP contribution is -2.43. The van der Waals surface area contributed by atoms with Crippen LogP contribution in [0.5, 0.6) is 5.75 Å². The molecule has 0 unspecified atom stereocenters. The number of unbranched alkanes of at least 4 members (excludes halogenated alkanes) is 4. The minimum absolute atomic E-state index is 0. The Morgan fingerprint density at radius 1 is 0.920 bits per heavy atom. The lowest BCUT2D eigenvalue weighted by atomic mass is 9.87. The third-order valence-corrected chi connectivity index (χ3v) is 4.82. The Hall–Kier alpha value is -0.770. The predicted molar refractivity (Wildman–Crippen MR) is 110 cm³/mol. The summed E-state index contributed by atoms with van der Waals surface area (Å²) in [6, 6.07) is 8.58. The van der Waals surface area contributed by atoms with Crippen molar-refractivity contribution >= 4 is 12.4 Å². The highest BCUT2D eigenvalue weighted by molar-refractivity contribution is 5.85. The van der Waals surface area contributed by atoms with Crippen LogP contribution in [0.3, 0.4) is 0 Å². The first-order valence-electron chi connectivity index (χ1n) is 9.72. The molecular weight excluding hydrogens is 332 g/mol. The van der Waals surface area contributed by atoms with Crippen LogP contribution in [0.25, 0.3) is 0 Å². The highest BCUT2D eigenvalue weighted by atomic mass is 35.5. The van der Waals surface area contributed by atoms with Gasteiger partial charge in [-0.3, -0.25) is 0 Å². The van der Waals surface area contributed by atoms with Crippen LogP contribution in [0.15, 0.2) is 24.3 Å². The van der Waals surface area contributed by atoms with Crippen molar-refractivity contribution in [3.8, 4) is 5.75 Å². The van der Waals surface area contributed by atoms with Crippen LogP contribution in [0.1, 0.15) is 58.4 Å². The number of benzene rings is 1. The Balaban J connectivity index is 0.00000312. The second-order valence-corrected chi connectivity index (χ2v) is 7.98. The second-order valence-electron chi connectivity index (χ2n) is 7.98. The van der Waals surface area contributed by atoms with E-state index in [1.54, 1.807) is 0 Å². The summed E-state index contributed by atoms with van der Waals surface area (Å²) in [6.07, 6.45) is 6.47. The molecule has 0 bridgehead atoms. The largest absolute Gasteiger partial charge is 0.494 e. The van der Waals surface area contributed by atoms with Crippen LogP contribution in [0.4, 0.5) is 0 Å². The van der Waals surface area contributed by atoms with Gasteiger partial charge in [-0.25, -0.2) is 0 Å². The number of nitrogens with zero attached hydrogens (tertiary/aromatic N) is 1. The summed E-state index contributed by atoms with van der Waals surface area (Å²) >= 11 is 0. The van der Waals surface area contributed by atoms with Crippen LogP contribution in [-0.4, -0.2) is 44.2 Å². The second kappa shape index (κ2) is 11.8. The van der Waals surface area contributed by atoms with Crippen molar-refractivity contribution < 1.29 is 4.74 Å². The normalized spacial score (nSPS) is 15.6. The molecular formula is C21H37ClN2O. The molecule has 0 radical (unpaired) electrons. The molecule has 0 aromatic heterocycles. The van der Waals surface area contributed by atoms with Gasteiger partial charge in [-0.05, 0) is 42.5 Å². The first-order chi connectivity index (χ1) is 11.6. The molecule has 1 aromatic rings. The van der Waals surface area contributed by atoms with Gasteiger partial charge in [0.2, 0.25) is 0 Å². The molecule has 0 atom stereocenters. The Labute approximate surface area is 160 Å². The van der Waals surface area contributed by atoms with Crippen molar-refractivity contribution in [2.45, 2.75) is 58.3 Å². The van der Waals surface area contributed by atoms with Gasteiger partial charge in [-0.1, -0.05) is 52.2 Å². The van der Waals surface area contributed by atoms with Gasteiger partial charge in [-0.2, -0.15) is 0 Å². The molecule has 3 nitrogen and oxygen atoms in total. The van der Waals surface area contributed by atoms with Crippen LogP contribution in [0, 0.1) is 0 Å². The van der Waals surface area contributed by atoms with E-state index in [1.807, 2.05) is 0 Å². The predicted octanol–water partition coefficient (Wildman–Crippen LogP) is 4.64. The van der Waals surface area contributed by atoms with Gasteiger partial charge in [0, 0.05) is 26.2 Å². The molecule has 25 heavy (non-hydrogen) atoms. The maximum absolute atomic E-state index is 5.86. The molecule has 1 aromatic carbocycles. The first kappa shape index (κ1) is 22.3. The number of nitrogens with one attached hydrogen (secondary N) is 1. The summed E-state index contributed by atoms with van der Waals surface area (Å²) < 4.78 is 5.86. The molecule has 0 aliphatic carbocycles. The van der Waals surface area contributed by atoms with E-state index in [9.17, 15) is 0 Å². The first-order valence-corrected chi connectivity index (χ1v) is 9.72. The minimum atomic E-state index is 0. The van der Waals surface area contributed by atoms with Gasteiger partial charge in [0.1, 0.15) is 5.75 Å². The summed E-state index contributed by atoms with van der Waals surface area (Å²) in [5, 5.41) is 3.41. The van der Waals surface area contributed by atoms with Gasteiger partial charge < -0.3 is 15.0 Å². The standard InChI is InChI=1S/C21H36N2O.ClH/c1-21(2,3)19-9-11-20(12-10-19)24-18-8-6-4-5-7-15-23-16-13-22-14-17-23;/h9-12,22H,4-8,13-18H2,1-3H3;1H. The lowest BCUT2D eigenvalue weighted by Gasteiger charge is -2.27. The molecule has 1 N–H and O–H groups in total. The number of rotatable bonds is 9. The topological polar surface area (TPSA) is 24.5 Å². The van der Waals surface area contributed by atoms with Gasteiger partial charge in [-0.15, -0.1) is 12.4 Å². The summed E-state index contributed by atoms with van der Waals surface area (Å²) in [4.78, 5) is 2.58. The molecule has 1 aliphatic heterocycles. The number of ether oxygens (including phenoxy) is 1. The van der Waals surface area contributed by atoms with Crippen molar-refractivity contribution in [1.29, 1.82) is 0 Å². The lowest BCUT2D eigenvalue weighted by molar-refractivity contribution is 0.235. The number of hydrogen-bond acceptors (Lipinski definition) is 3. The zero-order valence-corrected chi connectivity index (χ0v) is 17.2. The SMILES string of the molecule is CC(C)(C)c1ccc(OCCCCCCCN2CCNCC2)cc1.Cl. The maximum Gasteiger partial charge on any atom is 0.119 e. The summed E-state index contributed by atoms with van der Waals surface area (Å²) in [7, 11) is 0. The van der Waals surface area contributed by atoms with Crippen molar-refractivity contribution in [2.24, 2.45) is 0 Å². The van der Waals surface area contributed by atoms with Gasteiger partial charge in [0.15, 0.2) is 0 Å². The van der Waals surface area contributed by atoms with Crippen LogP contribution < -0.4 is 10.1 Å². The molecule has 4 heteroatoms. The Bertz CT molecular complexity index is 450. The maximum atomic E-state index is 5.86. The average Bonchev–Trinajstić information content (AvgIpc) is 2.58. The highest BCUT2D eigenvalue weighted by Gasteiger charge is 2.12. The third-order valence-electron chi connectivity index (χ3n) is 4.82. The molecule has 1 heterocycles. The number of halogens is 1. The summed E-state index contributed by atoms with van der Waals surface area (Å²) in [5.74, 6) is 1.00. The van der Waals surface area contributed by atoms with Crippen molar-refractivity contribution in [3.05, 3.63) is 29.8 Å². The van der Waals surface area contributed by atoms with Crippen LogP contribution >= 0.6 is 12.4 Å². The smallest absolute Gasteiger partial charge is 0.119 e. The Morgan fingerprint density at radius 3 is 2.16 bits per heavy atom. The van der Waals surface area contributed by atoms with E-state index in [0.29, 0.717) is 0 Å². The highest BCUT2D eigenvalue weighted by Crippen LogP contribution is 2.24. The summed E-state index contributed by atoms with van der Waals surface area (Å²) in [5.41, 5.74) is 1.57. The zero-order chi connectivity index (χ0) is 17.3. The van der Waals surface area contributed by atoms with Crippen molar-refractivity contribution in [1.82, 2.24) is 10.2 Å². The number of hydrogen-bond donors (Lipinski definition) is 1. The molecule has 1 fully saturated rings. The van der Waals surface area contributed by atoms with E-state index in [0.717, 1.165) is 31.9 Å². The van der Waals surface area contributed by atoms with E-state index in [-0.39, 0.29) is 17.8 Å². The van der Waals surface area contributed by atoms with E-state index >= 15 is 0 Å². The molecule has 1 aliphatic rings. The van der Waals surface area contributed by atoms with Crippen LogP contribution in [0.2, 0.25) is 0 Å². The third kappa shape index (κ3) is 8.94. The summed E-state index contributed by atoms with van der Waals surface area (Å²) in [6.45, 7) is 13.6.